The quantitative estimate of drug-likeness (QED) is 0.855. The molecule has 1 aliphatic heterocycles. The van der Waals surface area contributed by atoms with Gasteiger partial charge < -0.3 is 19.0 Å². The number of aromatic nitrogens is 2. The zero-order valence-electron chi connectivity index (χ0n) is 14.2. The fraction of sp³-hybridized carbons (Fsp3) is 0.471. The SMILES string of the molecule is COc1ccc(C(=O)N2CCN(c3nnc(C(C)C)o3)CC2)cc1. The number of ether oxygens (including phenoxy) is 1. The summed E-state index contributed by atoms with van der Waals surface area (Å²) in [4.78, 5) is 16.4. The van der Waals surface area contributed by atoms with E-state index in [9.17, 15) is 4.79 Å². The molecule has 1 aromatic heterocycles. The third-order valence-electron chi connectivity index (χ3n) is 4.10. The Morgan fingerprint density at radius 1 is 1.12 bits per heavy atom. The van der Waals surface area contributed by atoms with Gasteiger partial charge in [-0.2, -0.15) is 0 Å². The molecule has 0 atom stereocenters. The van der Waals surface area contributed by atoms with Crippen LogP contribution in [0, 0.1) is 0 Å². The lowest BCUT2D eigenvalue weighted by Gasteiger charge is -2.33. The molecule has 1 aromatic carbocycles. The molecular formula is C17H22N4O3. The monoisotopic (exact) mass is 330 g/mol. The van der Waals surface area contributed by atoms with Gasteiger partial charge in [0.1, 0.15) is 5.75 Å². The van der Waals surface area contributed by atoms with Crippen LogP contribution in [0.25, 0.3) is 0 Å². The number of anilines is 1. The van der Waals surface area contributed by atoms with Gasteiger partial charge in [-0.25, -0.2) is 0 Å². The maximum Gasteiger partial charge on any atom is 0.318 e. The van der Waals surface area contributed by atoms with Crippen molar-refractivity contribution in [1.82, 2.24) is 15.1 Å². The highest BCUT2D eigenvalue weighted by Crippen LogP contribution is 2.20. The minimum Gasteiger partial charge on any atom is -0.497 e. The number of carbonyl (C=O) groups is 1. The number of hydrogen-bond acceptors (Lipinski definition) is 6. The van der Waals surface area contributed by atoms with Gasteiger partial charge in [-0.05, 0) is 24.3 Å². The maximum absolute atomic E-state index is 12.6. The molecule has 128 valence electrons. The van der Waals surface area contributed by atoms with E-state index in [0.29, 0.717) is 43.6 Å². The van der Waals surface area contributed by atoms with Crippen LogP contribution in [0.1, 0.15) is 36.0 Å². The fourth-order valence-electron chi connectivity index (χ4n) is 2.60. The van der Waals surface area contributed by atoms with Gasteiger partial charge in [0.15, 0.2) is 0 Å². The second-order valence-electron chi connectivity index (χ2n) is 6.09. The van der Waals surface area contributed by atoms with Crippen molar-refractivity contribution >= 4 is 11.9 Å². The Balaban J connectivity index is 1.60. The summed E-state index contributed by atoms with van der Waals surface area (Å²) >= 11 is 0. The first-order valence-corrected chi connectivity index (χ1v) is 8.10. The third-order valence-corrected chi connectivity index (χ3v) is 4.10. The molecule has 7 nitrogen and oxygen atoms in total. The topological polar surface area (TPSA) is 71.7 Å². The number of benzene rings is 1. The Kier molecular flexibility index (Phi) is 4.69. The molecule has 0 unspecified atom stereocenters. The summed E-state index contributed by atoms with van der Waals surface area (Å²) in [6.07, 6.45) is 0. The van der Waals surface area contributed by atoms with Crippen molar-refractivity contribution in [1.29, 1.82) is 0 Å². The molecule has 1 fully saturated rings. The van der Waals surface area contributed by atoms with Crippen LogP contribution in [0.3, 0.4) is 0 Å². The van der Waals surface area contributed by atoms with E-state index in [1.54, 1.807) is 31.4 Å². The van der Waals surface area contributed by atoms with E-state index < -0.39 is 0 Å². The second kappa shape index (κ2) is 6.90. The molecule has 0 bridgehead atoms. The zero-order valence-corrected chi connectivity index (χ0v) is 14.2. The van der Waals surface area contributed by atoms with Gasteiger partial charge in [-0.3, -0.25) is 4.79 Å². The van der Waals surface area contributed by atoms with Gasteiger partial charge in [0.25, 0.3) is 5.91 Å². The first kappa shape index (κ1) is 16.3. The summed E-state index contributed by atoms with van der Waals surface area (Å²) in [5.74, 6) is 1.63. The number of amides is 1. The molecule has 2 heterocycles. The average Bonchev–Trinajstić information content (AvgIpc) is 3.12. The standard InChI is InChI=1S/C17H22N4O3/c1-12(2)15-18-19-17(24-15)21-10-8-20(9-11-21)16(22)13-4-6-14(23-3)7-5-13/h4-7,12H,8-11H2,1-3H3. The molecule has 1 saturated heterocycles. The third kappa shape index (κ3) is 3.34. The van der Waals surface area contributed by atoms with Crippen molar-refractivity contribution in [2.24, 2.45) is 0 Å². The minimum absolute atomic E-state index is 0.0331. The summed E-state index contributed by atoms with van der Waals surface area (Å²) in [5.41, 5.74) is 0.670. The molecule has 0 N–H and O–H groups in total. The molecule has 0 saturated carbocycles. The highest BCUT2D eigenvalue weighted by atomic mass is 16.5. The highest BCUT2D eigenvalue weighted by Gasteiger charge is 2.25. The fourth-order valence-corrected chi connectivity index (χ4v) is 2.60. The predicted molar refractivity (Wildman–Crippen MR) is 89.5 cm³/mol. The summed E-state index contributed by atoms with van der Waals surface area (Å²) < 4.78 is 10.8. The van der Waals surface area contributed by atoms with Crippen LogP contribution in [0.2, 0.25) is 0 Å². The van der Waals surface area contributed by atoms with Crippen LogP contribution in [-0.2, 0) is 0 Å². The van der Waals surface area contributed by atoms with Gasteiger partial charge in [0, 0.05) is 37.7 Å². The molecule has 3 rings (SSSR count). The Hall–Kier alpha value is -2.57. The van der Waals surface area contributed by atoms with Crippen molar-refractivity contribution in [2.45, 2.75) is 19.8 Å². The largest absolute Gasteiger partial charge is 0.497 e. The normalized spacial score (nSPS) is 15.0. The number of methoxy groups -OCH3 is 1. The highest BCUT2D eigenvalue weighted by molar-refractivity contribution is 5.94. The number of nitrogens with zero attached hydrogens (tertiary/aromatic N) is 4. The van der Waals surface area contributed by atoms with Crippen LogP contribution >= 0.6 is 0 Å². The molecule has 7 heteroatoms. The van der Waals surface area contributed by atoms with Gasteiger partial charge in [0.05, 0.1) is 7.11 Å². The Morgan fingerprint density at radius 2 is 1.79 bits per heavy atom. The lowest BCUT2D eigenvalue weighted by Crippen LogP contribution is -2.48. The van der Waals surface area contributed by atoms with E-state index in [4.69, 9.17) is 9.15 Å². The molecule has 0 radical (unpaired) electrons. The molecule has 24 heavy (non-hydrogen) atoms. The molecule has 2 aromatic rings. The van der Waals surface area contributed by atoms with Crippen LogP contribution < -0.4 is 9.64 Å². The zero-order chi connectivity index (χ0) is 17.1. The Morgan fingerprint density at radius 3 is 2.33 bits per heavy atom. The number of piperazine rings is 1. The van der Waals surface area contributed by atoms with Crippen LogP contribution in [0.5, 0.6) is 5.75 Å². The second-order valence-corrected chi connectivity index (χ2v) is 6.09. The summed E-state index contributed by atoms with van der Waals surface area (Å²) in [7, 11) is 1.61. The van der Waals surface area contributed by atoms with Gasteiger partial charge in [-0.15, -0.1) is 5.10 Å². The Labute approximate surface area is 141 Å². The van der Waals surface area contributed by atoms with Crippen molar-refractivity contribution in [2.75, 3.05) is 38.2 Å². The summed E-state index contributed by atoms with van der Waals surface area (Å²) in [6, 6.07) is 7.72. The number of rotatable bonds is 4. The number of carbonyl (C=O) groups excluding carboxylic acids is 1. The van der Waals surface area contributed by atoms with Crippen molar-refractivity contribution < 1.29 is 13.9 Å². The van der Waals surface area contributed by atoms with Crippen molar-refractivity contribution in [3.63, 3.8) is 0 Å². The first-order valence-electron chi connectivity index (χ1n) is 8.10. The molecule has 0 aliphatic carbocycles. The maximum atomic E-state index is 12.6. The Bertz CT molecular complexity index is 688. The first-order chi connectivity index (χ1) is 11.6. The van der Waals surface area contributed by atoms with Crippen molar-refractivity contribution in [3.05, 3.63) is 35.7 Å². The van der Waals surface area contributed by atoms with Crippen LogP contribution in [0.15, 0.2) is 28.7 Å². The van der Waals surface area contributed by atoms with E-state index in [-0.39, 0.29) is 11.8 Å². The summed E-state index contributed by atoms with van der Waals surface area (Å²) in [5, 5.41) is 8.16. The van der Waals surface area contributed by atoms with Crippen LogP contribution in [-0.4, -0.2) is 54.3 Å². The van der Waals surface area contributed by atoms with E-state index >= 15 is 0 Å². The smallest absolute Gasteiger partial charge is 0.318 e. The van der Waals surface area contributed by atoms with Gasteiger partial charge in [-0.1, -0.05) is 18.9 Å². The van der Waals surface area contributed by atoms with E-state index in [1.165, 1.54) is 0 Å². The molecule has 1 aliphatic rings. The van der Waals surface area contributed by atoms with Crippen LogP contribution in [0.4, 0.5) is 6.01 Å². The van der Waals surface area contributed by atoms with E-state index in [2.05, 4.69) is 10.2 Å². The summed E-state index contributed by atoms with van der Waals surface area (Å²) in [6.45, 7) is 6.66. The predicted octanol–water partition coefficient (Wildman–Crippen LogP) is 2.16. The minimum atomic E-state index is 0.0331. The lowest BCUT2D eigenvalue weighted by atomic mass is 10.1. The van der Waals surface area contributed by atoms with E-state index in [0.717, 1.165) is 5.75 Å². The van der Waals surface area contributed by atoms with Gasteiger partial charge >= 0.3 is 6.01 Å². The lowest BCUT2D eigenvalue weighted by molar-refractivity contribution is 0.0745. The van der Waals surface area contributed by atoms with Crippen molar-refractivity contribution in [3.8, 4) is 5.75 Å². The molecule has 0 spiro atoms. The average molecular weight is 330 g/mol. The number of hydrogen-bond donors (Lipinski definition) is 0. The van der Waals surface area contributed by atoms with Gasteiger partial charge in [0.2, 0.25) is 5.89 Å². The molecule has 1 amide bonds. The molecular weight excluding hydrogens is 308 g/mol. The van der Waals surface area contributed by atoms with E-state index in [1.807, 2.05) is 23.6 Å².